The first-order valence-corrected chi connectivity index (χ1v) is 8.79. The smallest absolute Gasteiger partial charge is 0.219 e. The van der Waals surface area contributed by atoms with Gasteiger partial charge in [0.05, 0.1) is 5.54 Å². The zero-order valence-electron chi connectivity index (χ0n) is 14.6. The van der Waals surface area contributed by atoms with Crippen LogP contribution in [-0.4, -0.2) is 59.9 Å². The van der Waals surface area contributed by atoms with Gasteiger partial charge in [0, 0.05) is 52.5 Å². The molecule has 2 fully saturated rings. The summed E-state index contributed by atoms with van der Waals surface area (Å²) in [5.74, 6) is 0.419. The maximum Gasteiger partial charge on any atom is 0.219 e. The first-order valence-electron chi connectivity index (χ1n) is 8.79. The molecule has 2 aliphatic rings. The summed E-state index contributed by atoms with van der Waals surface area (Å²) < 4.78 is 0. The molecule has 0 spiro atoms. The summed E-state index contributed by atoms with van der Waals surface area (Å²) in [4.78, 5) is 27.9. The number of carbonyl (C=O) groups excluding carboxylic acids is 2. The average Bonchev–Trinajstić information content (AvgIpc) is 2.92. The molecule has 0 saturated carbocycles. The van der Waals surface area contributed by atoms with Crippen LogP contribution in [0.25, 0.3) is 0 Å². The normalized spacial score (nSPS) is 26.9. The second-order valence-electron chi connectivity index (χ2n) is 7.22. The summed E-state index contributed by atoms with van der Waals surface area (Å²) in [7, 11) is 0. The molecule has 5 nitrogen and oxygen atoms in total. The molecule has 2 aliphatic heterocycles. The van der Waals surface area contributed by atoms with Crippen LogP contribution in [0.4, 0.5) is 0 Å². The van der Waals surface area contributed by atoms with E-state index in [1.54, 1.807) is 13.8 Å². The number of benzene rings is 1. The lowest BCUT2D eigenvalue weighted by molar-refractivity contribution is -0.128. The Kier molecular flexibility index (Phi) is 4.90. The Morgan fingerprint density at radius 2 is 1.96 bits per heavy atom. The highest BCUT2D eigenvalue weighted by atomic mass is 16.2. The van der Waals surface area contributed by atoms with Crippen molar-refractivity contribution in [2.75, 3.05) is 32.7 Å². The maximum absolute atomic E-state index is 11.8. The van der Waals surface area contributed by atoms with Gasteiger partial charge in [-0.2, -0.15) is 0 Å². The van der Waals surface area contributed by atoms with E-state index >= 15 is 0 Å². The number of nitrogens with one attached hydrogen (secondary N) is 1. The molecule has 1 N–H and O–H groups in total. The van der Waals surface area contributed by atoms with Gasteiger partial charge in [0.1, 0.15) is 0 Å². The molecule has 2 heterocycles. The van der Waals surface area contributed by atoms with E-state index in [1.807, 2.05) is 11.0 Å². The lowest BCUT2D eigenvalue weighted by Gasteiger charge is -2.43. The van der Waals surface area contributed by atoms with Gasteiger partial charge in [-0.25, -0.2) is 0 Å². The van der Waals surface area contributed by atoms with Crippen molar-refractivity contribution in [1.82, 2.24) is 15.1 Å². The minimum Gasteiger partial charge on any atom is -0.349 e. The molecular formula is C19H27N3O2. The molecule has 5 heteroatoms. The number of carbonyl (C=O) groups is 2. The van der Waals surface area contributed by atoms with E-state index < -0.39 is 0 Å². The number of fused-ring (bicyclic) bond motifs is 1. The lowest BCUT2D eigenvalue weighted by atomic mass is 9.80. The summed E-state index contributed by atoms with van der Waals surface area (Å²) >= 11 is 0. The summed E-state index contributed by atoms with van der Waals surface area (Å²) in [5.41, 5.74) is 1.12. The van der Waals surface area contributed by atoms with Crippen LogP contribution in [0, 0.1) is 5.92 Å². The standard InChI is InChI=1S/C19H27N3O2/c1-15(23)20-19-9-11-21(10-8-17-6-4-3-5-7-17)12-18(19)13-22(14-19)16(2)24/h3-7,18H,8-14H2,1-2H3,(H,20,23)/t18-,19-/m1/s1. The number of hydrogen-bond donors (Lipinski definition) is 1. The second-order valence-corrected chi connectivity index (χ2v) is 7.22. The molecule has 2 saturated heterocycles. The third kappa shape index (κ3) is 3.61. The van der Waals surface area contributed by atoms with Gasteiger partial charge in [-0.15, -0.1) is 0 Å². The van der Waals surface area contributed by atoms with Crippen LogP contribution in [0.2, 0.25) is 0 Å². The van der Waals surface area contributed by atoms with Crippen LogP contribution in [0.15, 0.2) is 30.3 Å². The number of piperidine rings is 1. The lowest BCUT2D eigenvalue weighted by Crippen LogP contribution is -2.61. The first kappa shape index (κ1) is 17.0. The van der Waals surface area contributed by atoms with Gasteiger partial charge in [0.2, 0.25) is 11.8 Å². The SMILES string of the molecule is CC(=O)N[C@@]12CCN(CCc3ccccc3)C[C@@H]1CN(C(C)=O)C2. The molecule has 0 aromatic heterocycles. The summed E-state index contributed by atoms with van der Waals surface area (Å²) in [6.07, 6.45) is 1.95. The fraction of sp³-hybridized carbons (Fsp3) is 0.579. The molecule has 1 aromatic carbocycles. The second kappa shape index (κ2) is 6.93. The van der Waals surface area contributed by atoms with Crippen molar-refractivity contribution < 1.29 is 9.59 Å². The van der Waals surface area contributed by atoms with Gasteiger partial charge in [-0.1, -0.05) is 30.3 Å². The third-order valence-corrected chi connectivity index (χ3v) is 5.48. The van der Waals surface area contributed by atoms with E-state index in [1.165, 1.54) is 5.56 Å². The molecule has 130 valence electrons. The molecule has 1 aromatic rings. The van der Waals surface area contributed by atoms with E-state index in [0.717, 1.165) is 39.0 Å². The largest absolute Gasteiger partial charge is 0.349 e. The predicted octanol–water partition coefficient (Wildman–Crippen LogP) is 1.29. The van der Waals surface area contributed by atoms with Crippen LogP contribution < -0.4 is 5.32 Å². The van der Waals surface area contributed by atoms with E-state index in [2.05, 4.69) is 34.5 Å². The van der Waals surface area contributed by atoms with Crippen LogP contribution in [0.3, 0.4) is 0 Å². The Morgan fingerprint density at radius 1 is 1.21 bits per heavy atom. The van der Waals surface area contributed by atoms with Crippen LogP contribution in [-0.2, 0) is 16.0 Å². The highest BCUT2D eigenvalue weighted by Gasteiger charge is 2.50. The summed E-state index contributed by atoms with van der Waals surface area (Å²) in [5, 5.41) is 3.18. The fourth-order valence-electron chi connectivity index (χ4n) is 4.18. The summed E-state index contributed by atoms with van der Waals surface area (Å²) in [6.45, 7) is 7.52. The van der Waals surface area contributed by atoms with Crippen molar-refractivity contribution in [3.8, 4) is 0 Å². The van der Waals surface area contributed by atoms with E-state index in [9.17, 15) is 9.59 Å². The topological polar surface area (TPSA) is 52.7 Å². The van der Waals surface area contributed by atoms with E-state index in [-0.39, 0.29) is 17.4 Å². The Balaban J connectivity index is 1.64. The van der Waals surface area contributed by atoms with Gasteiger partial charge < -0.3 is 15.1 Å². The number of rotatable bonds is 4. The maximum atomic E-state index is 11.8. The average molecular weight is 329 g/mol. The van der Waals surface area contributed by atoms with Gasteiger partial charge >= 0.3 is 0 Å². The zero-order valence-corrected chi connectivity index (χ0v) is 14.6. The molecule has 3 rings (SSSR count). The minimum atomic E-state index is -0.235. The molecule has 0 radical (unpaired) electrons. The fourth-order valence-corrected chi connectivity index (χ4v) is 4.18. The Bertz CT molecular complexity index is 604. The molecule has 0 aliphatic carbocycles. The quantitative estimate of drug-likeness (QED) is 0.906. The molecule has 0 unspecified atom stereocenters. The van der Waals surface area contributed by atoms with E-state index in [0.29, 0.717) is 12.5 Å². The molecule has 2 amide bonds. The third-order valence-electron chi connectivity index (χ3n) is 5.48. The highest BCUT2D eigenvalue weighted by Crippen LogP contribution is 2.35. The van der Waals surface area contributed by atoms with Crippen molar-refractivity contribution in [2.24, 2.45) is 5.92 Å². The van der Waals surface area contributed by atoms with Gasteiger partial charge in [-0.3, -0.25) is 9.59 Å². The summed E-state index contributed by atoms with van der Waals surface area (Å²) in [6, 6.07) is 10.5. The van der Waals surface area contributed by atoms with Gasteiger partial charge in [0.15, 0.2) is 0 Å². The van der Waals surface area contributed by atoms with Crippen molar-refractivity contribution in [3.05, 3.63) is 35.9 Å². The van der Waals surface area contributed by atoms with Crippen LogP contribution in [0.1, 0.15) is 25.8 Å². The van der Waals surface area contributed by atoms with Gasteiger partial charge in [-0.05, 0) is 18.4 Å². The van der Waals surface area contributed by atoms with Crippen LogP contribution in [0.5, 0.6) is 0 Å². The molecular weight excluding hydrogens is 302 g/mol. The number of nitrogens with zero attached hydrogens (tertiary/aromatic N) is 2. The zero-order chi connectivity index (χ0) is 17.2. The first-order chi connectivity index (χ1) is 11.5. The Labute approximate surface area is 144 Å². The number of amides is 2. The van der Waals surface area contributed by atoms with Crippen molar-refractivity contribution in [1.29, 1.82) is 0 Å². The molecule has 24 heavy (non-hydrogen) atoms. The molecule has 2 atom stereocenters. The predicted molar refractivity (Wildman–Crippen MR) is 93.5 cm³/mol. The van der Waals surface area contributed by atoms with Crippen molar-refractivity contribution in [2.45, 2.75) is 32.2 Å². The highest BCUT2D eigenvalue weighted by molar-refractivity contribution is 5.76. The van der Waals surface area contributed by atoms with Crippen molar-refractivity contribution in [3.63, 3.8) is 0 Å². The number of likely N-dealkylation sites (tertiary alicyclic amines) is 2. The Hall–Kier alpha value is -1.88. The number of hydrogen-bond acceptors (Lipinski definition) is 3. The minimum absolute atomic E-state index is 0.00291. The monoisotopic (exact) mass is 329 g/mol. The van der Waals surface area contributed by atoms with Crippen molar-refractivity contribution >= 4 is 11.8 Å². The Morgan fingerprint density at radius 3 is 2.62 bits per heavy atom. The molecule has 0 bridgehead atoms. The van der Waals surface area contributed by atoms with E-state index in [4.69, 9.17) is 0 Å². The van der Waals surface area contributed by atoms with Crippen LogP contribution >= 0.6 is 0 Å². The van der Waals surface area contributed by atoms with Gasteiger partial charge in [0.25, 0.3) is 0 Å².